The number of aliphatic hydroxyl groups is 1. The summed E-state index contributed by atoms with van der Waals surface area (Å²) < 4.78 is 45.0. The number of ether oxygens (including phenoxy) is 1. The summed E-state index contributed by atoms with van der Waals surface area (Å²) in [6.45, 7) is 6.62. The van der Waals surface area contributed by atoms with Crippen LogP contribution in [0.1, 0.15) is 62.0 Å². The summed E-state index contributed by atoms with van der Waals surface area (Å²) in [7, 11) is 1.36. The molecule has 278 valence electrons. The zero-order valence-corrected chi connectivity index (χ0v) is 29.4. The Morgan fingerprint density at radius 2 is 1.61 bits per heavy atom. The van der Waals surface area contributed by atoms with E-state index in [-0.39, 0.29) is 31.1 Å². The van der Waals surface area contributed by atoms with E-state index in [4.69, 9.17) is 4.74 Å². The third kappa shape index (κ3) is 9.78. The Balaban J connectivity index is 1.61. The number of amides is 5. The van der Waals surface area contributed by atoms with Crippen molar-refractivity contribution < 1.29 is 47.0 Å². The lowest BCUT2D eigenvalue weighted by molar-refractivity contribution is -0.144. The molecule has 2 aliphatic rings. The monoisotopic (exact) mass is 717 g/mol. The smallest absolute Gasteiger partial charge is 0.416 e. The van der Waals surface area contributed by atoms with Crippen molar-refractivity contribution in [2.24, 2.45) is 11.3 Å². The van der Waals surface area contributed by atoms with E-state index in [1.165, 1.54) is 33.0 Å². The molecular formula is C36H46F3N5O7. The van der Waals surface area contributed by atoms with Gasteiger partial charge in [0, 0.05) is 32.2 Å². The van der Waals surface area contributed by atoms with Crippen LogP contribution in [-0.2, 0) is 31.8 Å². The van der Waals surface area contributed by atoms with Crippen molar-refractivity contribution >= 4 is 29.5 Å². The molecule has 0 unspecified atom stereocenters. The Morgan fingerprint density at radius 1 is 0.961 bits per heavy atom. The van der Waals surface area contributed by atoms with Crippen LogP contribution >= 0.6 is 0 Å². The summed E-state index contributed by atoms with van der Waals surface area (Å²) in [6.07, 6.45) is -4.49. The van der Waals surface area contributed by atoms with Gasteiger partial charge in [-0.3, -0.25) is 24.0 Å². The van der Waals surface area contributed by atoms with E-state index >= 15 is 0 Å². The molecule has 2 aromatic rings. The molecule has 1 spiro atoms. The number of alkyl halides is 3. The lowest BCUT2D eigenvalue weighted by Gasteiger charge is -2.42. The third-order valence-corrected chi connectivity index (χ3v) is 9.68. The number of aliphatic hydroxyl groups excluding tert-OH is 1. The molecule has 4 atom stereocenters. The summed E-state index contributed by atoms with van der Waals surface area (Å²) >= 11 is 0. The molecule has 4 rings (SSSR count). The highest BCUT2D eigenvalue weighted by atomic mass is 19.4. The first-order chi connectivity index (χ1) is 23.9. The van der Waals surface area contributed by atoms with E-state index in [0.717, 1.165) is 22.6 Å². The number of likely N-dealkylation sites (N-methyl/N-ethyl adjacent to an activating group) is 1. The average Bonchev–Trinajstić information content (AvgIpc) is 3.09. The molecule has 2 bridgehead atoms. The minimum absolute atomic E-state index is 0.138. The number of carbonyl (C=O) groups excluding carboxylic acids is 5. The van der Waals surface area contributed by atoms with Crippen molar-refractivity contribution in [3.63, 3.8) is 0 Å². The quantitative estimate of drug-likeness (QED) is 0.380. The predicted octanol–water partition coefficient (Wildman–Crippen LogP) is 2.53. The fourth-order valence-corrected chi connectivity index (χ4v) is 6.30. The van der Waals surface area contributed by atoms with Gasteiger partial charge in [-0.1, -0.05) is 26.0 Å². The second kappa shape index (κ2) is 16.1. The van der Waals surface area contributed by atoms with Gasteiger partial charge in [-0.25, -0.2) is 0 Å². The largest absolute Gasteiger partial charge is 0.484 e. The number of benzene rings is 2. The highest BCUT2D eigenvalue weighted by Crippen LogP contribution is 2.36. The molecule has 15 heteroatoms. The fraction of sp³-hybridized carbons (Fsp3) is 0.528. The minimum atomic E-state index is -4.52. The van der Waals surface area contributed by atoms with Gasteiger partial charge < -0.3 is 35.6 Å². The van der Waals surface area contributed by atoms with Gasteiger partial charge in [0.25, 0.3) is 11.8 Å². The molecule has 1 saturated heterocycles. The SMILES string of the molecule is CC(C)[C@H]1NC(=O)[C@H](C)N(C)C(=O)[C@H]([C@@H](C)O)NC(=O)COc2cccc(c2)CC2(CCN(C(=O)c3ccc(C(F)(F)F)cc3)CC2)CNC1=O. The van der Waals surface area contributed by atoms with E-state index in [2.05, 4.69) is 16.0 Å². The van der Waals surface area contributed by atoms with Gasteiger partial charge in [0.15, 0.2) is 6.61 Å². The average molecular weight is 718 g/mol. The number of halogens is 3. The van der Waals surface area contributed by atoms with Crippen LogP contribution in [0.15, 0.2) is 48.5 Å². The van der Waals surface area contributed by atoms with Crippen LogP contribution in [0.2, 0.25) is 0 Å². The van der Waals surface area contributed by atoms with Crippen LogP contribution in [0.25, 0.3) is 0 Å². The standard InChI is InChI=1S/C36H46F3N5O7/c1-21(2)29-32(48)40-20-35(13-15-44(16-14-35)33(49)25-9-11-26(12-10-25)36(37,38)39)18-24-7-6-8-27(17-24)51-19-28(46)41-30(23(4)45)34(50)43(5)22(3)31(47)42-29/h6-12,17,21-23,29-30,45H,13-16,18-20H2,1-5H3,(H,40,48)(H,41,46)(H,42,47)/t22-,23+,29+,30-/m0/s1. The van der Waals surface area contributed by atoms with E-state index in [1.807, 2.05) is 6.07 Å². The summed E-state index contributed by atoms with van der Waals surface area (Å²) in [4.78, 5) is 69.1. The number of hydrogen-bond donors (Lipinski definition) is 4. The summed E-state index contributed by atoms with van der Waals surface area (Å²) in [5.74, 6) is -2.80. The van der Waals surface area contributed by atoms with E-state index in [0.29, 0.717) is 25.0 Å². The molecule has 0 aromatic heterocycles. The maximum atomic E-state index is 13.7. The topological polar surface area (TPSA) is 157 Å². The molecule has 0 radical (unpaired) electrons. The van der Waals surface area contributed by atoms with Crippen LogP contribution < -0.4 is 20.7 Å². The fourth-order valence-electron chi connectivity index (χ4n) is 6.30. The molecule has 0 aliphatic carbocycles. The predicted molar refractivity (Wildman–Crippen MR) is 180 cm³/mol. The van der Waals surface area contributed by atoms with Crippen molar-refractivity contribution in [3.05, 3.63) is 65.2 Å². The second-order valence-corrected chi connectivity index (χ2v) is 13.8. The van der Waals surface area contributed by atoms with Crippen molar-refractivity contribution in [1.29, 1.82) is 0 Å². The first kappa shape index (κ1) is 39.1. The first-order valence-electron chi connectivity index (χ1n) is 16.9. The van der Waals surface area contributed by atoms with Crippen molar-refractivity contribution in [1.82, 2.24) is 25.8 Å². The molecule has 51 heavy (non-hydrogen) atoms. The van der Waals surface area contributed by atoms with Crippen LogP contribution in [0.3, 0.4) is 0 Å². The highest BCUT2D eigenvalue weighted by molar-refractivity contribution is 5.95. The maximum absolute atomic E-state index is 13.7. The lowest BCUT2D eigenvalue weighted by Crippen LogP contribution is -2.59. The highest BCUT2D eigenvalue weighted by Gasteiger charge is 2.39. The number of likely N-dealkylation sites (tertiary alicyclic amines) is 1. The number of piperidine rings is 1. The molecule has 2 aromatic carbocycles. The number of nitrogens with one attached hydrogen (secondary N) is 3. The van der Waals surface area contributed by atoms with E-state index < -0.39 is 77.5 Å². The lowest BCUT2D eigenvalue weighted by atomic mass is 9.73. The molecule has 5 amide bonds. The van der Waals surface area contributed by atoms with Crippen LogP contribution in [0.4, 0.5) is 13.2 Å². The van der Waals surface area contributed by atoms with Crippen molar-refractivity contribution in [2.45, 2.75) is 77.4 Å². The minimum Gasteiger partial charge on any atom is -0.484 e. The van der Waals surface area contributed by atoms with Crippen molar-refractivity contribution in [3.8, 4) is 5.75 Å². The summed E-state index contributed by atoms with van der Waals surface area (Å²) in [5.41, 5.74) is -0.453. The number of fused-ring (bicyclic) bond motifs is 2. The number of carbonyl (C=O) groups is 5. The Labute approximate surface area is 295 Å². The Morgan fingerprint density at radius 3 is 2.20 bits per heavy atom. The summed E-state index contributed by atoms with van der Waals surface area (Å²) in [5, 5.41) is 18.6. The Hall–Kier alpha value is -4.66. The van der Waals surface area contributed by atoms with Gasteiger partial charge >= 0.3 is 6.18 Å². The van der Waals surface area contributed by atoms with Gasteiger partial charge in [0.1, 0.15) is 23.9 Å². The van der Waals surface area contributed by atoms with Crippen LogP contribution in [-0.4, -0.2) is 102 Å². The van der Waals surface area contributed by atoms with Gasteiger partial charge in [0.05, 0.1) is 11.7 Å². The van der Waals surface area contributed by atoms with Crippen LogP contribution in [0, 0.1) is 11.3 Å². The first-order valence-corrected chi connectivity index (χ1v) is 16.9. The summed E-state index contributed by atoms with van der Waals surface area (Å²) in [6, 6.07) is 7.74. The molecule has 1 fully saturated rings. The van der Waals surface area contributed by atoms with Gasteiger partial charge in [-0.05, 0) is 86.4 Å². The molecule has 2 aliphatic heterocycles. The van der Waals surface area contributed by atoms with Gasteiger partial charge in [-0.15, -0.1) is 0 Å². The van der Waals surface area contributed by atoms with Crippen molar-refractivity contribution in [2.75, 3.05) is 33.3 Å². The number of nitrogens with zero attached hydrogens (tertiary/aromatic N) is 2. The Bertz CT molecular complexity index is 1590. The molecular weight excluding hydrogens is 671 g/mol. The third-order valence-electron chi connectivity index (χ3n) is 9.68. The molecule has 4 N–H and O–H groups in total. The number of hydrogen-bond acceptors (Lipinski definition) is 7. The molecule has 0 saturated carbocycles. The van der Waals surface area contributed by atoms with E-state index in [9.17, 15) is 42.3 Å². The van der Waals surface area contributed by atoms with Gasteiger partial charge in [0.2, 0.25) is 17.7 Å². The zero-order valence-electron chi connectivity index (χ0n) is 29.4. The number of rotatable bonds is 3. The Kier molecular flexibility index (Phi) is 12.4. The maximum Gasteiger partial charge on any atom is 0.416 e. The normalized spacial score (nSPS) is 23.3. The second-order valence-electron chi connectivity index (χ2n) is 13.8. The molecule has 12 nitrogen and oxygen atoms in total. The van der Waals surface area contributed by atoms with E-state index in [1.54, 1.807) is 36.9 Å². The zero-order chi connectivity index (χ0) is 37.7. The molecule has 2 heterocycles. The van der Waals surface area contributed by atoms with Crippen LogP contribution in [0.5, 0.6) is 5.75 Å². The van der Waals surface area contributed by atoms with Gasteiger partial charge in [-0.2, -0.15) is 13.2 Å².